The number of nitrogens with one attached hydrogen (secondary N) is 1. The third-order valence-electron chi connectivity index (χ3n) is 5.63. The van der Waals surface area contributed by atoms with E-state index in [1.165, 1.54) is 19.1 Å². The van der Waals surface area contributed by atoms with E-state index in [-0.39, 0.29) is 11.8 Å². The lowest BCUT2D eigenvalue weighted by molar-refractivity contribution is -0.154. The van der Waals surface area contributed by atoms with Gasteiger partial charge in [0.05, 0.1) is 13.2 Å². The molecule has 0 aromatic heterocycles. The Morgan fingerprint density at radius 1 is 1.17 bits per heavy atom. The van der Waals surface area contributed by atoms with Gasteiger partial charge < -0.3 is 24.4 Å². The lowest BCUT2D eigenvalue weighted by Gasteiger charge is -2.36. The Bertz CT molecular complexity index is 619. The predicted molar refractivity (Wildman–Crippen MR) is 102 cm³/mol. The van der Waals surface area contributed by atoms with Crippen LogP contribution >= 0.6 is 0 Å². The Morgan fingerprint density at radius 3 is 2.41 bits per heavy atom. The van der Waals surface area contributed by atoms with Crippen molar-refractivity contribution in [3.05, 3.63) is 0 Å². The van der Waals surface area contributed by atoms with Crippen LogP contribution in [0.3, 0.4) is 0 Å². The van der Waals surface area contributed by atoms with Gasteiger partial charge in [0, 0.05) is 27.3 Å². The van der Waals surface area contributed by atoms with Gasteiger partial charge in [-0.15, -0.1) is 0 Å². The van der Waals surface area contributed by atoms with Crippen LogP contribution in [0.25, 0.3) is 0 Å². The average Bonchev–Trinajstić information content (AvgIpc) is 2.93. The van der Waals surface area contributed by atoms with Crippen LogP contribution in [0.1, 0.15) is 32.6 Å². The first-order valence-electron chi connectivity index (χ1n) is 9.91. The molecule has 1 N–H and O–H groups in total. The zero-order chi connectivity index (χ0) is 21.4. The topological polar surface area (TPSA) is 114 Å². The van der Waals surface area contributed by atoms with Crippen LogP contribution in [0.15, 0.2) is 0 Å². The van der Waals surface area contributed by atoms with Gasteiger partial charge >= 0.3 is 12.0 Å². The highest BCUT2D eigenvalue weighted by Crippen LogP contribution is 2.38. The maximum absolute atomic E-state index is 12.9. The van der Waals surface area contributed by atoms with Gasteiger partial charge in [-0.2, -0.15) is 0 Å². The summed E-state index contributed by atoms with van der Waals surface area (Å²) < 4.78 is 15.0. The molecular weight excluding hydrogens is 382 g/mol. The third kappa shape index (κ3) is 5.45. The number of amides is 4. The van der Waals surface area contributed by atoms with Crippen molar-refractivity contribution in [3.63, 3.8) is 0 Å². The fourth-order valence-corrected chi connectivity index (χ4v) is 3.81. The van der Waals surface area contributed by atoms with Crippen molar-refractivity contribution in [1.29, 1.82) is 0 Å². The van der Waals surface area contributed by atoms with Crippen molar-refractivity contribution in [1.82, 2.24) is 15.1 Å². The summed E-state index contributed by atoms with van der Waals surface area (Å²) in [6, 6.07) is -0.589. The van der Waals surface area contributed by atoms with E-state index < -0.39 is 36.6 Å². The van der Waals surface area contributed by atoms with Gasteiger partial charge in [-0.25, -0.2) is 4.79 Å². The van der Waals surface area contributed by atoms with E-state index in [0.29, 0.717) is 32.7 Å². The molecule has 4 amide bonds. The van der Waals surface area contributed by atoms with Crippen LogP contribution in [0, 0.1) is 5.92 Å². The van der Waals surface area contributed by atoms with Gasteiger partial charge in [0.2, 0.25) is 0 Å². The Hall–Kier alpha value is -2.20. The molecule has 10 heteroatoms. The van der Waals surface area contributed by atoms with Crippen molar-refractivity contribution in [3.8, 4) is 0 Å². The first kappa shape index (κ1) is 23.1. The van der Waals surface area contributed by atoms with Crippen LogP contribution in [-0.2, 0) is 28.6 Å². The summed E-state index contributed by atoms with van der Waals surface area (Å²) in [4.78, 5) is 52.0. The SMILES string of the molecule is COCCN(CCOC)C(=O)COC(=O)CN1C(=O)NC2(CCCCC2C)C1=O. The number of carbonyl (C=O) groups excluding carboxylic acids is 4. The second kappa shape index (κ2) is 10.5. The largest absolute Gasteiger partial charge is 0.454 e. The highest BCUT2D eigenvalue weighted by molar-refractivity contribution is 6.09. The number of esters is 1. The molecule has 1 aliphatic heterocycles. The number of imide groups is 1. The third-order valence-corrected chi connectivity index (χ3v) is 5.63. The lowest BCUT2D eigenvalue weighted by atomic mass is 9.73. The van der Waals surface area contributed by atoms with Crippen molar-refractivity contribution < 1.29 is 33.4 Å². The van der Waals surface area contributed by atoms with Gasteiger partial charge in [0.25, 0.3) is 11.8 Å². The fourth-order valence-electron chi connectivity index (χ4n) is 3.81. The smallest absolute Gasteiger partial charge is 0.326 e. The van der Waals surface area contributed by atoms with E-state index in [1.54, 1.807) is 0 Å². The second-order valence-corrected chi connectivity index (χ2v) is 7.47. The summed E-state index contributed by atoms with van der Waals surface area (Å²) >= 11 is 0. The summed E-state index contributed by atoms with van der Waals surface area (Å²) in [5.74, 6) is -1.59. The first-order chi connectivity index (χ1) is 13.9. The molecule has 0 bridgehead atoms. The van der Waals surface area contributed by atoms with Crippen LogP contribution in [0.5, 0.6) is 0 Å². The van der Waals surface area contributed by atoms with E-state index in [0.717, 1.165) is 24.2 Å². The van der Waals surface area contributed by atoms with Crippen molar-refractivity contribution >= 4 is 23.8 Å². The Morgan fingerprint density at radius 2 is 1.83 bits per heavy atom. The molecule has 29 heavy (non-hydrogen) atoms. The van der Waals surface area contributed by atoms with E-state index in [9.17, 15) is 19.2 Å². The maximum Gasteiger partial charge on any atom is 0.326 e. The predicted octanol–water partition coefficient (Wildman–Crippen LogP) is 0.152. The van der Waals surface area contributed by atoms with Gasteiger partial charge in [0.1, 0.15) is 12.1 Å². The zero-order valence-corrected chi connectivity index (χ0v) is 17.4. The van der Waals surface area contributed by atoms with Crippen LogP contribution < -0.4 is 5.32 Å². The standard InChI is InChI=1S/C19H31N3O7/c1-14-6-4-5-7-19(14)17(25)22(18(26)20-19)12-16(24)29-13-15(23)21(8-10-27-2)9-11-28-3/h14H,4-13H2,1-3H3,(H,20,26). The first-order valence-corrected chi connectivity index (χ1v) is 9.91. The molecule has 0 aromatic carbocycles. The van der Waals surface area contributed by atoms with Crippen molar-refractivity contribution in [2.75, 3.05) is 53.7 Å². The monoisotopic (exact) mass is 413 g/mol. The number of nitrogens with zero attached hydrogens (tertiary/aromatic N) is 2. The summed E-state index contributed by atoms with van der Waals surface area (Å²) in [7, 11) is 3.05. The molecule has 1 saturated heterocycles. The van der Waals surface area contributed by atoms with Crippen molar-refractivity contribution in [2.45, 2.75) is 38.1 Å². The van der Waals surface area contributed by atoms with E-state index in [2.05, 4.69) is 5.32 Å². The molecule has 10 nitrogen and oxygen atoms in total. The maximum atomic E-state index is 12.9. The number of carbonyl (C=O) groups is 4. The molecule has 2 atom stereocenters. The summed E-state index contributed by atoms with van der Waals surface area (Å²) in [5.41, 5.74) is -0.928. The fraction of sp³-hybridized carbons (Fsp3) is 0.789. The molecule has 2 rings (SSSR count). The molecule has 1 heterocycles. The molecular formula is C19H31N3O7. The Balaban J connectivity index is 1.88. The minimum Gasteiger partial charge on any atom is -0.454 e. The minimum absolute atomic E-state index is 0.00502. The zero-order valence-electron chi connectivity index (χ0n) is 17.4. The molecule has 0 aromatic rings. The van der Waals surface area contributed by atoms with E-state index >= 15 is 0 Å². The van der Waals surface area contributed by atoms with Gasteiger partial charge in [-0.05, 0) is 18.8 Å². The molecule has 1 saturated carbocycles. The molecule has 2 aliphatic rings. The number of hydrogen-bond donors (Lipinski definition) is 1. The van der Waals surface area contributed by atoms with Gasteiger partial charge in [-0.3, -0.25) is 19.3 Å². The number of methoxy groups -OCH3 is 2. The van der Waals surface area contributed by atoms with Crippen LogP contribution in [0.2, 0.25) is 0 Å². The second-order valence-electron chi connectivity index (χ2n) is 7.47. The van der Waals surface area contributed by atoms with Gasteiger partial charge in [-0.1, -0.05) is 19.8 Å². The van der Waals surface area contributed by atoms with Crippen LogP contribution in [0.4, 0.5) is 4.79 Å². The number of urea groups is 1. The number of ether oxygens (including phenoxy) is 3. The number of rotatable bonds is 10. The Labute approximate surface area is 170 Å². The molecule has 0 radical (unpaired) electrons. The van der Waals surface area contributed by atoms with Gasteiger partial charge in [0.15, 0.2) is 6.61 Å². The normalized spacial score (nSPS) is 24.0. The summed E-state index contributed by atoms with van der Waals surface area (Å²) in [6.07, 6.45) is 3.27. The Kier molecular flexibility index (Phi) is 8.39. The molecule has 1 aliphatic carbocycles. The summed E-state index contributed by atoms with van der Waals surface area (Å²) in [6.45, 7) is 2.30. The highest BCUT2D eigenvalue weighted by atomic mass is 16.5. The lowest BCUT2D eigenvalue weighted by Crippen LogP contribution is -2.54. The minimum atomic E-state index is -0.928. The number of hydrogen-bond acceptors (Lipinski definition) is 7. The molecule has 2 unspecified atom stereocenters. The highest BCUT2D eigenvalue weighted by Gasteiger charge is 2.55. The molecule has 164 valence electrons. The van der Waals surface area contributed by atoms with E-state index in [4.69, 9.17) is 14.2 Å². The quantitative estimate of drug-likeness (QED) is 0.400. The van der Waals surface area contributed by atoms with Crippen LogP contribution in [-0.4, -0.2) is 92.8 Å². The average molecular weight is 413 g/mol. The van der Waals surface area contributed by atoms with E-state index in [1.807, 2.05) is 6.92 Å². The van der Waals surface area contributed by atoms with Crippen molar-refractivity contribution in [2.24, 2.45) is 5.92 Å². The summed E-state index contributed by atoms with van der Waals surface area (Å²) in [5, 5.41) is 2.78. The molecule has 2 fully saturated rings. The molecule has 1 spiro atoms.